The number of thioether (sulfide) groups is 1. The minimum absolute atomic E-state index is 0.290. The van der Waals surface area contributed by atoms with Gasteiger partial charge in [-0.1, -0.05) is 18.2 Å². The van der Waals surface area contributed by atoms with Crippen LogP contribution in [0, 0.1) is 0 Å². The van der Waals surface area contributed by atoms with E-state index in [0.29, 0.717) is 11.3 Å². The van der Waals surface area contributed by atoms with Crippen molar-refractivity contribution in [2.45, 2.75) is 11.8 Å². The summed E-state index contributed by atoms with van der Waals surface area (Å²) in [6, 6.07) is 7.66. The van der Waals surface area contributed by atoms with Gasteiger partial charge in [0.15, 0.2) is 0 Å². The molecule has 0 saturated carbocycles. The van der Waals surface area contributed by atoms with Gasteiger partial charge in [0.25, 0.3) is 0 Å². The van der Waals surface area contributed by atoms with Crippen molar-refractivity contribution in [1.82, 2.24) is 0 Å². The Labute approximate surface area is 99.7 Å². The van der Waals surface area contributed by atoms with E-state index in [4.69, 9.17) is 5.73 Å². The number of carbonyl (C=O) groups excluding carboxylic acids is 1. The van der Waals surface area contributed by atoms with E-state index < -0.39 is 0 Å². The molecule has 1 aromatic carbocycles. The Morgan fingerprint density at radius 2 is 2.19 bits per heavy atom. The Bertz CT molecular complexity index is 402. The molecule has 1 aromatic rings. The predicted octanol–water partition coefficient (Wildman–Crippen LogP) is 2.48. The number of methoxy groups -OCH3 is 1. The van der Waals surface area contributed by atoms with Crippen molar-refractivity contribution in [3.05, 3.63) is 35.9 Å². The van der Waals surface area contributed by atoms with Crippen molar-refractivity contribution in [2.75, 3.05) is 18.6 Å². The van der Waals surface area contributed by atoms with Crippen LogP contribution in [0.3, 0.4) is 0 Å². The van der Waals surface area contributed by atoms with E-state index in [9.17, 15) is 4.79 Å². The number of rotatable bonds is 4. The molecular formula is C12H15NO2S. The average molecular weight is 237 g/mol. The fourth-order valence-corrected chi connectivity index (χ4v) is 2.04. The van der Waals surface area contributed by atoms with Crippen LogP contribution in [-0.2, 0) is 9.53 Å². The number of esters is 1. The van der Waals surface area contributed by atoms with E-state index in [1.165, 1.54) is 7.11 Å². The van der Waals surface area contributed by atoms with E-state index in [1.54, 1.807) is 18.7 Å². The smallest absolute Gasteiger partial charge is 0.333 e. The highest BCUT2D eigenvalue weighted by molar-refractivity contribution is 7.99. The molecule has 0 radical (unpaired) electrons. The zero-order valence-electron chi connectivity index (χ0n) is 9.40. The number of ether oxygens (including phenoxy) is 1. The second-order valence-corrected chi connectivity index (χ2v) is 4.29. The lowest BCUT2D eigenvalue weighted by atomic mass is 10.3. The minimum Gasteiger partial charge on any atom is -0.466 e. The van der Waals surface area contributed by atoms with Crippen LogP contribution in [0.5, 0.6) is 0 Å². The van der Waals surface area contributed by atoms with Gasteiger partial charge in [0.05, 0.1) is 7.11 Å². The van der Waals surface area contributed by atoms with Crippen LogP contribution in [0.15, 0.2) is 40.8 Å². The lowest BCUT2D eigenvalue weighted by Crippen LogP contribution is -2.01. The standard InChI is InChI=1S/C12H15NO2S/c1-9(12(14)15-2)7-8-16-11-6-4-3-5-10(11)13/h3-7H,8,13H2,1-2H3. The molecule has 16 heavy (non-hydrogen) atoms. The monoisotopic (exact) mass is 237 g/mol. The first kappa shape index (κ1) is 12.6. The van der Waals surface area contributed by atoms with Crippen LogP contribution >= 0.6 is 11.8 Å². The second-order valence-electron chi connectivity index (χ2n) is 3.23. The van der Waals surface area contributed by atoms with Crippen molar-refractivity contribution in [3.63, 3.8) is 0 Å². The maximum absolute atomic E-state index is 11.1. The molecular weight excluding hydrogens is 222 g/mol. The fourth-order valence-electron chi connectivity index (χ4n) is 1.11. The molecule has 0 fully saturated rings. The van der Waals surface area contributed by atoms with Gasteiger partial charge in [-0.15, -0.1) is 11.8 Å². The summed E-state index contributed by atoms with van der Waals surface area (Å²) in [5.41, 5.74) is 7.17. The average Bonchev–Trinajstić information content (AvgIpc) is 2.30. The summed E-state index contributed by atoms with van der Waals surface area (Å²) in [6.07, 6.45) is 1.84. The van der Waals surface area contributed by atoms with Crippen LogP contribution in [0.25, 0.3) is 0 Å². The van der Waals surface area contributed by atoms with Gasteiger partial charge in [0.1, 0.15) is 0 Å². The van der Waals surface area contributed by atoms with Gasteiger partial charge in [-0.3, -0.25) is 0 Å². The number of para-hydroxylation sites is 1. The number of hydrogen-bond acceptors (Lipinski definition) is 4. The van der Waals surface area contributed by atoms with Crippen LogP contribution in [0.4, 0.5) is 5.69 Å². The largest absolute Gasteiger partial charge is 0.466 e. The molecule has 0 saturated heterocycles. The number of nitrogen functional groups attached to an aromatic ring is 1. The first-order valence-electron chi connectivity index (χ1n) is 4.87. The fraction of sp³-hybridized carbons (Fsp3) is 0.250. The lowest BCUT2D eigenvalue weighted by Gasteiger charge is -2.03. The molecule has 0 spiro atoms. The van der Waals surface area contributed by atoms with E-state index in [1.807, 2.05) is 30.3 Å². The summed E-state index contributed by atoms with van der Waals surface area (Å²) in [5, 5.41) is 0. The highest BCUT2D eigenvalue weighted by Gasteiger charge is 2.02. The van der Waals surface area contributed by atoms with Crippen LogP contribution < -0.4 is 5.73 Å². The van der Waals surface area contributed by atoms with Crippen molar-refractivity contribution in [2.24, 2.45) is 0 Å². The van der Waals surface area contributed by atoms with Gasteiger partial charge in [0, 0.05) is 21.9 Å². The minimum atomic E-state index is -0.290. The van der Waals surface area contributed by atoms with Crippen LogP contribution in [0.2, 0.25) is 0 Å². The van der Waals surface area contributed by atoms with Gasteiger partial charge in [0.2, 0.25) is 0 Å². The molecule has 0 aliphatic carbocycles. The van der Waals surface area contributed by atoms with E-state index >= 15 is 0 Å². The highest BCUT2D eigenvalue weighted by atomic mass is 32.2. The first-order chi connectivity index (χ1) is 7.65. The lowest BCUT2D eigenvalue weighted by molar-refractivity contribution is -0.136. The summed E-state index contributed by atoms with van der Waals surface area (Å²) < 4.78 is 4.60. The molecule has 0 bridgehead atoms. The van der Waals surface area contributed by atoms with Gasteiger partial charge in [-0.25, -0.2) is 4.79 Å². The highest BCUT2D eigenvalue weighted by Crippen LogP contribution is 2.24. The van der Waals surface area contributed by atoms with Crippen LogP contribution in [0.1, 0.15) is 6.92 Å². The SMILES string of the molecule is COC(=O)C(C)=CCSc1ccccc1N. The van der Waals surface area contributed by atoms with Crippen molar-refractivity contribution in [3.8, 4) is 0 Å². The molecule has 0 heterocycles. The number of anilines is 1. The van der Waals surface area contributed by atoms with E-state index in [-0.39, 0.29) is 5.97 Å². The molecule has 0 amide bonds. The second kappa shape index (κ2) is 6.23. The van der Waals surface area contributed by atoms with Crippen molar-refractivity contribution >= 4 is 23.4 Å². The Balaban J connectivity index is 2.53. The molecule has 0 unspecified atom stereocenters. The Morgan fingerprint density at radius 1 is 1.50 bits per heavy atom. The molecule has 86 valence electrons. The summed E-state index contributed by atoms with van der Waals surface area (Å²) in [5.74, 6) is 0.413. The third-order valence-corrected chi connectivity index (χ3v) is 3.07. The molecule has 3 nitrogen and oxygen atoms in total. The van der Waals surface area contributed by atoms with Gasteiger partial charge in [-0.05, 0) is 19.1 Å². The molecule has 0 aliphatic heterocycles. The van der Waals surface area contributed by atoms with Gasteiger partial charge in [-0.2, -0.15) is 0 Å². The molecule has 0 aliphatic rings. The maximum atomic E-state index is 11.1. The quantitative estimate of drug-likeness (QED) is 0.378. The zero-order valence-corrected chi connectivity index (χ0v) is 10.2. The maximum Gasteiger partial charge on any atom is 0.333 e. The molecule has 1 rings (SSSR count). The number of benzene rings is 1. The topological polar surface area (TPSA) is 52.3 Å². The normalized spacial score (nSPS) is 11.2. The van der Waals surface area contributed by atoms with Crippen molar-refractivity contribution < 1.29 is 9.53 Å². The third kappa shape index (κ3) is 3.62. The summed E-state index contributed by atoms with van der Waals surface area (Å²) in [7, 11) is 1.38. The first-order valence-corrected chi connectivity index (χ1v) is 5.86. The summed E-state index contributed by atoms with van der Waals surface area (Å²) in [6.45, 7) is 1.74. The molecule has 4 heteroatoms. The Morgan fingerprint density at radius 3 is 2.81 bits per heavy atom. The molecule has 0 atom stereocenters. The molecule has 2 N–H and O–H groups in total. The van der Waals surface area contributed by atoms with Crippen LogP contribution in [-0.4, -0.2) is 18.8 Å². The number of nitrogens with two attached hydrogens (primary N) is 1. The van der Waals surface area contributed by atoms with E-state index in [0.717, 1.165) is 10.6 Å². The van der Waals surface area contributed by atoms with Gasteiger partial charge < -0.3 is 10.5 Å². The third-order valence-electron chi connectivity index (χ3n) is 2.05. The molecule has 0 aromatic heterocycles. The van der Waals surface area contributed by atoms with E-state index in [2.05, 4.69) is 4.74 Å². The predicted molar refractivity (Wildman–Crippen MR) is 67.4 cm³/mol. The number of hydrogen-bond donors (Lipinski definition) is 1. The van der Waals surface area contributed by atoms with Gasteiger partial charge >= 0.3 is 5.97 Å². The Hall–Kier alpha value is -1.42. The summed E-state index contributed by atoms with van der Waals surface area (Å²) >= 11 is 1.59. The Kier molecular flexibility index (Phi) is 4.92. The number of carbonyl (C=O) groups is 1. The van der Waals surface area contributed by atoms with Crippen molar-refractivity contribution in [1.29, 1.82) is 0 Å². The summed E-state index contributed by atoms with van der Waals surface area (Å²) in [4.78, 5) is 12.1. The zero-order chi connectivity index (χ0) is 12.0.